The number of rotatable bonds is 4. The van der Waals surface area contributed by atoms with Gasteiger partial charge in [-0.25, -0.2) is 9.97 Å². The first kappa shape index (κ1) is 12.3. The number of hydrogen-bond donors (Lipinski definition) is 1. The van der Waals surface area contributed by atoms with Crippen LogP contribution < -0.4 is 5.32 Å². The first-order chi connectivity index (χ1) is 9.26. The minimum absolute atomic E-state index is 0.695. The lowest BCUT2D eigenvalue weighted by atomic mass is 10.1. The molecule has 1 aromatic carbocycles. The number of likely N-dealkylation sites (N-methyl/N-ethyl adjacent to an activating group) is 1. The van der Waals surface area contributed by atoms with E-state index in [9.17, 15) is 0 Å². The highest BCUT2D eigenvalue weighted by Crippen LogP contribution is 2.26. The van der Waals surface area contributed by atoms with Gasteiger partial charge in [0, 0.05) is 30.8 Å². The lowest BCUT2D eigenvalue weighted by molar-refractivity contribution is 0.561. The Balaban J connectivity index is 1.92. The van der Waals surface area contributed by atoms with Crippen molar-refractivity contribution in [3.63, 3.8) is 0 Å². The normalized spacial score (nSPS) is 11.3. The Kier molecular flexibility index (Phi) is 3.31. The molecule has 3 rings (SSSR count). The molecule has 5 heteroatoms. The Bertz CT molecular complexity index is 702. The average Bonchev–Trinajstić information content (AvgIpc) is 3.00. The molecule has 0 spiro atoms. The van der Waals surface area contributed by atoms with E-state index in [-0.39, 0.29) is 0 Å². The molecule has 0 aliphatic heterocycles. The molecule has 0 fully saturated rings. The van der Waals surface area contributed by atoms with Crippen LogP contribution in [-0.2, 0) is 6.42 Å². The summed E-state index contributed by atoms with van der Waals surface area (Å²) in [6.45, 7) is 2.81. The molecule has 0 aliphatic carbocycles. The van der Waals surface area contributed by atoms with E-state index in [0.29, 0.717) is 5.89 Å². The number of oxazole rings is 1. The Hall–Kier alpha value is -1.72. The Morgan fingerprint density at radius 3 is 3.05 bits per heavy atom. The number of aryl methyl sites for hydroxylation is 1. The van der Waals surface area contributed by atoms with E-state index in [4.69, 9.17) is 4.42 Å². The first-order valence-electron chi connectivity index (χ1n) is 6.23. The third-order valence-electron chi connectivity index (χ3n) is 2.93. The molecule has 98 valence electrons. The van der Waals surface area contributed by atoms with Gasteiger partial charge in [-0.15, -0.1) is 11.3 Å². The van der Waals surface area contributed by atoms with E-state index in [1.807, 2.05) is 32.2 Å². The summed E-state index contributed by atoms with van der Waals surface area (Å²) in [5, 5.41) is 6.38. The van der Waals surface area contributed by atoms with Gasteiger partial charge >= 0.3 is 0 Å². The Labute approximate surface area is 115 Å². The van der Waals surface area contributed by atoms with Crippen molar-refractivity contribution < 1.29 is 4.42 Å². The van der Waals surface area contributed by atoms with Gasteiger partial charge in [-0.1, -0.05) is 6.07 Å². The average molecular weight is 273 g/mol. The van der Waals surface area contributed by atoms with Crippen LogP contribution in [-0.4, -0.2) is 23.6 Å². The lowest BCUT2D eigenvalue weighted by Crippen LogP contribution is -2.09. The number of benzene rings is 1. The molecular weight excluding hydrogens is 258 g/mol. The number of fused-ring (bicyclic) bond motifs is 1. The molecule has 0 amide bonds. The second kappa shape index (κ2) is 5.11. The molecule has 19 heavy (non-hydrogen) atoms. The fourth-order valence-electron chi connectivity index (χ4n) is 1.99. The Morgan fingerprint density at radius 1 is 1.32 bits per heavy atom. The summed E-state index contributed by atoms with van der Waals surface area (Å²) in [7, 11) is 1.95. The minimum atomic E-state index is 0.695. The molecule has 2 heterocycles. The van der Waals surface area contributed by atoms with Crippen molar-refractivity contribution >= 4 is 22.4 Å². The predicted octanol–water partition coefficient (Wildman–Crippen LogP) is 3.02. The smallest absolute Gasteiger partial charge is 0.192 e. The summed E-state index contributed by atoms with van der Waals surface area (Å²) in [6, 6.07) is 6.03. The van der Waals surface area contributed by atoms with E-state index >= 15 is 0 Å². The van der Waals surface area contributed by atoms with Crippen LogP contribution in [0.4, 0.5) is 0 Å². The number of aromatic nitrogens is 2. The van der Waals surface area contributed by atoms with Gasteiger partial charge in [0.1, 0.15) is 5.52 Å². The topological polar surface area (TPSA) is 51.0 Å². The molecule has 0 atom stereocenters. The van der Waals surface area contributed by atoms with Crippen molar-refractivity contribution in [3.8, 4) is 11.3 Å². The molecule has 0 unspecified atom stereocenters. The van der Waals surface area contributed by atoms with Crippen LogP contribution >= 0.6 is 11.3 Å². The van der Waals surface area contributed by atoms with Crippen molar-refractivity contribution in [2.45, 2.75) is 13.3 Å². The molecule has 2 aromatic heterocycles. The maximum atomic E-state index is 5.56. The molecule has 0 aliphatic rings. The summed E-state index contributed by atoms with van der Waals surface area (Å²) in [5.74, 6) is 0.695. The summed E-state index contributed by atoms with van der Waals surface area (Å²) < 4.78 is 5.56. The number of thiazole rings is 1. The van der Waals surface area contributed by atoms with Crippen molar-refractivity contribution in [2.75, 3.05) is 13.6 Å². The van der Waals surface area contributed by atoms with E-state index in [2.05, 4.69) is 20.7 Å². The number of nitrogens with one attached hydrogen (secondary N) is 1. The van der Waals surface area contributed by atoms with Crippen molar-refractivity contribution in [3.05, 3.63) is 34.5 Å². The molecule has 0 saturated heterocycles. The molecule has 3 aromatic rings. The van der Waals surface area contributed by atoms with E-state index < -0.39 is 0 Å². The molecule has 0 saturated carbocycles. The van der Waals surface area contributed by atoms with Gasteiger partial charge in [0.15, 0.2) is 11.5 Å². The monoisotopic (exact) mass is 273 g/mol. The van der Waals surface area contributed by atoms with Gasteiger partial charge in [-0.2, -0.15) is 0 Å². The van der Waals surface area contributed by atoms with Gasteiger partial charge in [0.2, 0.25) is 0 Å². The molecule has 0 bridgehead atoms. The lowest BCUT2D eigenvalue weighted by Gasteiger charge is -1.96. The largest absolute Gasteiger partial charge is 0.441 e. The number of hydrogen-bond acceptors (Lipinski definition) is 5. The van der Waals surface area contributed by atoms with Crippen LogP contribution in [0.5, 0.6) is 0 Å². The van der Waals surface area contributed by atoms with Crippen LogP contribution in [0.15, 0.2) is 28.0 Å². The van der Waals surface area contributed by atoms with E-state index in [1.54, 1.807) is 11.3 Å². The molecule has 1 N–H and O–H groups in total. The first-order valence-corrected chi connectivity index (χ1v) is 7.11. The summed E-state index contributed by atoms with van der Waals surface area (Å²) in [5.41, 5.74) is 3.80. The zero-order valence-electron chi connectivity index (χ0n) is 10.9. The number of nitrogens with zero attached hydrogens (tertiary/aromatic N) is 2. The van der Waals surface area contributed by atoms with Crippen LogP contribution in [0.25, 0.3) is 22.4 Å². The maximum Gasteiger partial charge on any atom is 0.192 e. The van der Waals surface area contributed by atoms with Crippen molar-refractivity contribution in [1.29, 1.82) is 0 Å². The standard InChI is InChI=1S/C14H15N3OS/c1-9-16-11-4-3-10(7-13(11)18-9)12-8-19-14(17-12)5-6-15-2/h3-4,7-8,15H,5-6H2,1-2H3. The van der Waals surface area contributed by atoms with Crippen LogP contribution in [0, 0.1) is 6.92 Å². The highest BCUT2D eigenvalue weighted by molar-refractivity contribution is 7.09. The summed E-state index contributed by atoms with van der Waals surface area (Å²) in [6.07, 6.45) is 0.963. The third-order valence-corrected chi connectivity index (χ3v) is 3.84. The zero-order chi connectivity index (χ0) is 13.2. The van der Waals surface area contributed by atoms with Gasteiger partial charge in [-0.3, -0.25) is 0 Å². The van der Waals surface area contributed by atoms with Gasteiger partial charge in [0.25, 0.3) is 0 Å². The minimum Gasteiger partial charge on any atom is -0.441 e. The zero-order valence-corrected chi connectivity index (χ0v) is 11.8. The predicted molar refractivity (Wildman–Crippen MR) is 77.5 cm³/mol. The Morgan fingerprint density at radius 2 is 2.21 bits per heavy atom. The second-order valence-electron chi connectivity index (χ2n) is 4.40. The SMILES string of the molecule is CNCCc1nc(-c2ccc3nc(C)oc3c2)cs1. The van der Waals surface area contributed by atoms with Crippen LogP contribution in [0.2, 0.25) is 0 Å². The highest BCUT2D eigenvalue weighted by atomic mass is 32.1. The van der Waals surface area contributed by atoms with Crippen molar-refractivity contribution in [2.24, 2.45) is 0 Å². The second-order valence-corrected chi connectivity index (χ2v) is 5.34. The fourth-order valence-corrected chi connectivity index (χ4v) is 2.80. The van der Waals surface area contributed by atoms with Gasteiger partial charge < -0.3 is 9.73 Å². The third kappa shape index (κ3) is 2.52. The molecular formula is C14H15N3OS. The highest BCUT2D eigenvalue weighted by Gasteiger charge is 2.08. The van der Waals surface area contributed by atoms with Crippen LogP contribution in [0.1, 0.15) is 10.9 Å². The van der Waals surface area contributed by atoms with Crippen molar-refractivity contribution in [1.82, 2.24) is 15.3 Å². The van der Waals surface area contributed by atoms with Crippen LogP contribution in [0.3, 0.4) is 0 Å². The quantitative estimate of drug-likeness (QED) is 0.794. The van der Waals surface area contributed by atoms with E-state index in [1.165, 1.54) is 0 Å². The fraction of sp³-hybridized carbons (Fsp3) is 0.286. The maximum absolute atomic E-state index is 5.56. The summed E-state index contributed by atoms with van der Waals surface area (Å²) in [4.78, 5) is 8.95. The molecule has 4 nitrogen and oxygen atoms in total. The summed E-state index contributed by atoms with van der Waals surface area (Å²) >= 11 is 1.70. The van der Waals surface area contributed by atoms with E-state index in [0.717, 1.165) is 40.3 Å². The molecule has 0 radical (unpaired) electrons. The van der Waals surface area contributed by atoms with Gasteiger partial charge in [0.05, 0.1) is 10.7 Å². The van der Waals surface area contributed by atoms with Gasteiger partial charge in [-0.05, 0) is 19.2 Å².